The number of esters is 2. The number of hydrogen-bond acceptors (Lipinski definition) is 5. The summed E-state index contributed by atoms with van der Waals surface area (Å²) in [6.45, 7) is 12.0. The Morgan fingerprint density at radius 3 is 1.25 bits per heavy atom. The Hall–Kier alpha value is -1.39. The Balaban J connectivity index is 6.63. The molecule has 0 bridgehead atoms. The van der Waals surface area contributed by atoms with E-state index < -0.39 is 22.8 Å². The topological polar surface area (TPSA) is 69.7 Å². The third-order valence-corrected chi connectivity index (χ3v) is 5.45. The maximum absolute atomic E-state index is 14.2. The molecule has 0 aromatic heterocycles. The van der Waals surface area contributed by atoms with Crippen molar-refractivity contribution in [3.05, 3.63) is 0 Å². The van der Waals surface area contributed by atoms with E-state index in [1.165, 1.54) is 14.2 Å². The van der Waals surface area contributed by atoms with E-state index in [0.717, 1.165) is 25.7 Å². The number of carbonyl (C=O) groups is 3. The summed E-state index contributed by atoms with van der Waals surface area (Å²) in [5.41, 5.74) is -2.62. The quantitative estimate of drug-likeness (QED) is 0.291. The van der Waals surface area contributed by atoms with Crippen molar-refractivity contribution >= 4 is 17.7 Å². The fraction of sp³-hybridized carbons (Fsp3) is 0.870. The van der Waals surface area contributed by atoms with Gasteiger partial charge < -0.3 is 9.47 Å². The van der Waals surface area contributed by atoms with Gasteiger partial charge in [0.2, 0.25) is 0 Å². The van der Waals surface area contributed by atoms with E-state index in [9.17, 15) is 14.4 Å². The van der Waals surface area contributed by atoms with Crippen LogP contribution < -0.4 is 0 Å². The molecule has 0 aliphatic rings. The van der Waals surface area contributed by atoms with Crippen molar-refractivity contribution in [1.82, 2.24) is 0 Å². The van der Waals surface area contributed by atoms with Crippen molar-refractivity contribution in [1.29, 1.82) is 0 Å². The smallest absolute Gasteiger partial charge is 0.319 e. The van der Waals surface area contributed by atoms with Crippen molar-refractivity contribution in [2.45, 2.75) is 92.9 Å². The van der Waals surface area contributed by atoms with E-state index in [0.29, 0.717) is 25.7 Å². The maximum atomic E-state index is 14.2. The fourth-order valence-electron chi connectivity index (χ4n) is 4.37. The molecule has 5 heteroatoms. The summed E-state index contributed by atoms with van der Waals surface area (Å²) in [5.74, 6) is -1.12. The minimum absolute atomic E-state index is 0.112. The van der Waals surface area contributed by atoms with E-state index in [-0.39, 0.29) is 17.6 Å². The lowest BCUT2D eigenvalue weighted by atomic mass is 9.60. The van der Waals surface area contributed by atoms with Gasteiger partial charge >= 0.3 is 11.9 Å². The Kier molecular flexibility index (Phi) is 11.6. The number of hydrogen-bond donors (Lipinski definition) is 0. The van der Waals surface area contributed by atoms with Crippen LogP contribution in [0.15, 0.2) is 0 Å². The number of carbonyl (C=O) groups excluding carboxylic acids is 3. The van der Waals surface area contributed by atoms with Gasteiger partial charge in [0.05, 0.1) is 14.2 Å². The van der Waals surface area contributed by atoms with Crippen molar-refractivity contribution in [3.63, 3.8) is 0 Å². The monoisotopic (exact) mass is 398 g/mol. The summed E-state index contributed by atoms with van der Waals surface area (Å²) in [4.78, 5) is 40.2. The third-order valence-electron chi connectivity index (χ3n) is 5.45. The number of ether oxygens (including phenoxy) is 2. The number of rotatable bonds is 14. The summed E-state index contributed by atoms with van der Waals surface area (Å²) in [6, 6.07) is 0. The molecule has 28 heavy (non-hydrogen) atoms. The van der Waals surface area contributed by atoms with Gasteiger partial charge in [-0.25, -0.2) is 0 Å². The molecule has 5 nitrogen and oxygen atoms in total. The highest BCUT2D eigenvalue weighted by atomic mass is 16.5. The normalized spacial score (nSPS) is 15.8. The Bertz CT molecular complexity index is 467. The molecule has 0 saturated carbocycles. The molecule has 164 valence electrons. The van der Waals surface area contributed by atoms with E-state index in [1.54, 1.807) is 0 Å². The van der Waals surface area contributed by atoms with Crippen LogP contribution in [-0.2, 0) is 23.9 Å². The van der Waals surface area contributed by atoms with E-state index in [4.69, 9.17) is 9.47 Å². The van der Waals surface area contributed by atoms with Crippen molar-refractivity contribution < 1.29 is 23.9 Å². The van der Waals surface area contributed by atoms with Gasteiger partial charge in [-0.3, -0.25) is 14.4 Å². The molecule has 0 radical (unpaired) electrons. The van der Waals surface area contributed by atoms with Crippen LogP contribution in [0.4, 0.5) is 0 Å². The Morgan fingerprint density at radius 2 is 1.04 bits per heavy atom. The molecule has 0 aromatic rings. The lowest BCUT2D eigenvalue weighted by Crippen LogP contribution is -2.53. The predicted molar refractivity (Wildman–Crippen MR) is 112 cm³/mol. The zero-order valence-electron chi connectivity index (χ0n) is 19.4. The number of ketones is 1. The van der Waals surface area contributed by atoms with Gasteiger partial charge in [-0.2, -0.15) is 0 Å². The van der Waals surface area contributed by atoms with Gasteiger partial charge in [0.25, 0.3) is 0 Å². The van der Waals surface area contributed by atoms with Crippen LogP contribution in [-0.4, -0.2) is 31.9 Å². The van der Waals surface area contributed by atoms with Gasteiger partial charge in [0.15, 0.2) is 5.78 Å². The van der Waals surface area contributed by atoms with Crippen LogP contribution in [0.3, 0.4) is 0 Å². The first-order valence-corrected chi connectivity index (χ1v) is 10.8. The second kappa shape index (κ2) is 12.2. The van der Waals surface area contributed by atoms with Crippen LogP contribution in [0.5, 0.6) is 0 Å². The van der Waals surface area contributed by atoms with Crippen molar-refractivity contribution in [2.24, 2.45) is 22.7 Å². The van der Waals surface area contributed by atoms with Gasteiger partial charge in [0.1, 0.15) is 10.8 Å². The van der Waals surface area contributed by atoms with Crippen LogP contribution in [0.25, 0.3) is 0 Å². The molecule has 0 aliphatic carbocycles. The molecule has 0 spiro atoms. The van der Waals surface area contributed by atoms with Crippen LogP contribution >= 0.6 is 0 Å². The molecular weight excluding hydrogens is 356 g/mol. The summed E-state index contributed by atoms with van der Waals surface area (Å²) in [5, 5.41) is 0. The first-order valence-electron chi connectivity index (χ1n) is 10.8. The molecule has 2 atom stereocenters. The lowest BCUT2D eigenvalue weighted by molar-refractivity contribution is -0.172. The molecule has 0 heterocycles. The number of methoxy groups -OCH3 is 2. The van der Waals surface area contributed by atoms with Crippen LogP contribution in [0.1, 0.15) is 92.9 Å². The minimum atomic E-state index is -1.31. The lowest BCUT2D eigenvalue weighted by Gasteiger charge is -2.40. The highest BCUT2D eigenvalue weighted by Crippen LogP contribution is 2.46. The zero-order valence-corrected chi connectivity index (χ0v) is 19.4. The van der Waals surface area contributed by atoms with Crippen LogP contribution in [0.2, 0.25) is 0 Å². The summed E-state index contributed by atoms with van der Waals surface area (Å²) in [7, 11) is 2.65. The molecule has 0 aromatic carbocycles. The van der Waals surface area contributed by atoms with Crippen molar-refractivity contribution in [3.8, 4) is 0 Å². The SMILES string of the molecule is CCCCC(CC(C)C)(C(=O)OC)C(=O)C(CCCC)(CC(C)C)C(=O)OC. The minimum Gasteiger partial charge on any atom is -0.468 e. The highest BCUT2D eigenvalue weighted by Gasteiger charge is 2.58. The summed E-state index contributed by atoms with van der Waals surface area (Å²) >= 11 is 0. The molecule has 0 aliphatic heterocycles. The molecule has 0 N–H and O–H groups in total. The molecule has 0 fully saturated rings. The molecule has 0 rings (SSSR count). The largest absolute Gasteiger partial charge is 0.468 e. The van der Waals surface area contributed by atoms with Gasteiger partial charge in [-0.15, -0.1) is 0 Å². The van der Waals surface area contributed by atoms with Gasteiger partial charge in [-0.1, -0.05) is 67.2 Å². The van der Waals surface area contributed by atoms with E-state index >= 15 is 0 Å². The first-order chi connectivity index (χ1) is 13.1. The van der Waals surface area contributed by atoms with E-state index in [2.05, 4.69) is 0 Å². The van der Waals surface area contributed by atoms with Gasteiger partial charge in [0, 0.05) is 0 Å². The number of Topliss-reactive ketones (excluding diaryl/α,β-unsaturated/α-hetero) is 1. The number of unbranched alkanes of at least 4 members (excludes halogenated alkanes) is 2. The Morgan fingerprint density at radius 1 is 0.714 bits per heavy atom. The maximum Gasteiger partial charge on any atom is 0.319 e. The molecule has 0 amide bonds. The van der Waals surface area contributed by atoms with Gasteiger partial charge in [-0.05, 0) is 37.5 Å². The second-order valence-corrected chi connectivity index (χ2v) is 8.88. The Labute approximate surface area is 171 Å². The van der Waals surface area contributed by atoms with Crippen LogP contribution in [0, 0.1) is 22.7 Å². The first kappa shape index (κ1) is 26.6. The highest BCUT2D eigenvalue weighted by molar-refractivity contribution is 6.14. The predicted octanol–water partition coefficient (Wildman–Crippen LogP) is 5.35. The van der Waals surface area contributed by atoms with Crippen molar-refractivity contribution in [2.75, 3.05) is 14.2 Å². The average Bonchev–Trinajstić information content (AvgIpc) is 2.65. The summed E-state index contributed by atoms with van der Waals surface area (Å²) in [6.07, 6.45) is 4.71. The molecular formula is C23H42O5. The molecule has 2 unspecified atom stereocenters. The average molecular weight is 399 g/mol. The summed E-state index contributed by atoms with van der Waals surface area (Å²) < 4.78 is 10.3. The second-order valence-electron chi connectivity index (χ2n) is 8.88. The molecule has 0 saturated heterocycles. The zero-order chi connectivity index (χ0) is 22.0. The standard InChI is InChI=1S/C23H42O5/c1-9-11-13-22(15-17(3)4,20(25)27-7)19(24)23(14-12-10-2,16-18(5)6)21(26)28-8/h17-18H,9-16H2,1-8H3. The van der Waals surface area contributed by atoms with E-state index in [1.807, 2.05) is 41.5 Å². The third kappa shape index (κ3) is 6.31. The fourth-order valence-corrected chi connectivity index (χ4v) is 4.37.